The minimum absolute atomic E-state index is 0.183. The smallest absolute Gasteiger partial charge is 0.241 e. The first-order valence-electron chi connectivity index (χ1n) is 6.14. The van der Waals surface area contributed by atoms with Crippen LogP contribution in [0.1, 0.15) is 31.4 Å². The molecule has 0 bridgehead atoms. The van der Waals surface area contributed by atoms with E-state index < -0.39 is 6.04 Å². The fourth-order valence-corrected chi connectivity index (χ4v) is 2.27. The molecule has 0 fully saturated rings. The van der Waals surface area contributed by atoms with Gasteiger partial charge in [0.2, 0.25) is 5.91 Å². The molecule has 0 radical (unpaired) electrons. The van der Waals surface area contributed by atoms with Crippen molar-refractivity contribution in [3.63, 3.8) is 0 Å². The van der Waals surface area contributed by atoms with E-state index in [1.54, 1.807) is 0 Å². The van der Waals surface area contributed by atoms with Gasteiger partial charge in [0.15, 0.2) is 0 Å². The van der Waals surface area contributed by atoms with Crippen LogP contribution in [0.5, 0.6) is 0 Å². The van der Waals surface area contributed by atoms with Gasteiger partial charge in [0.1, 0.15) is 0 Å². The molecule has 3 nitrogen and oxygen atoms in total. The molecule has 1 amide bonds. The number of anilines is 1. The molecule has 0 heterocycles. The Bertz CT molecular complexity index is 420. The van der Waals surface area contributed by atoms with Crippen molar-refractivity contribution in [2.24, 2.45) is 11.7 Å². The molecule has 100 valence electrons. The number of carbonyl (C=O) groups is 1. The monoisotopic (exact) mass is 268 g/mol. The van der Waals surface area contributed by atoms with Gasteiger partial charge in [0, 0.05) is 0 Å². The van der Waals surface area contributed by atoms with Crippen molar-refractivity contribution in [2.75, 3.05) is 5.32 Å². The Morgan fingerprint density at radius 3 is 2.50 bits per heavy atom. The van der Waals surface area contributed by atoms with E-state index in [1.807, 2.05) is 39.8 Å². The molecule has 0 saturated heterocycles. The number of amides is 1. The van der Waals surface area contributed by atoms with Gasteiger partial charge in [0.05, 0.1) is 16.8 Å². The van der Waals surface area contributed by atoms with Crippen LogP contribution in [0.4, 0.5) is 5.69 Å². The third-order valence-electron chi connectivity index (χ3n) is 2.74. The Labute approximate surface area is 114 Å². The largest absolute Gasteiger partial charge is 0.323 e. The number of halogens is 1. The number of rotatable bonds is 4. The van der Waals surface area contributed by atoms with Gasteiger partial charge in [-0.05, 0) is 43.4 Å². The van der Waals surface area contributed by atoms with Crippen molar-refractivity contribution in [3.8, 4) is 0 Å². The Balaban J connectivity index is 2.82. The number of nitrogens with two attached hydrogens (primary N) is 1. The van der Waals surface area contributed by atoms with Crippen molar-refractivity contribution < 1.29 is 4.79 Å². The molecular formula is C14H21ClN2O. The molecule has 0 aromatic heterocycles. The van der Waals surface area contributed by atoms with E-state index in [1.165, 1.54) is 0 Å². The van der Waals surface area contributed by atoms with Crippen molar-refractivity contribution >= 4 is 23.2 Å². The number of hydrogen-bond donors (Lipinski definition) is 2. The lowest BCUT2D eigenvalue weighted by Crippen LogP contribution is -2.36. The number of nitrogens with one attached hydrogen (secondary N) is 1. The van der Waals surface area contributed by atoms with Crippen molar-refractivity contribution in [1.82, 2.24) is 0 Å². The molecule has 1 aromatic rings. The molecule has 1 rings (SSSR count). The third kappa shape index (κ3) is 4.00. The van der Waals surface area contributed by atoms with E-state index in [0.29, 0.717) is 23.0 Å². The Morgan fingerprint density at radius 2 is 2.00 bits per heavy atom. The summed E-state index contributed by atoms with van der Waals surface area (Å²) in [6, 6.07) is 3.31. The minimum atomic E-state index is -0.498. The number of carbonyl (C=O) groups excluding carboxylic acids is 1. The molecule has 0 aliphatic rings. The Morgan fingerprint density at radius 1 is 1.39 bits per heavy atom. The molecular weight excluding hydrogens is 248 g/mol. The zero-order valence-corrected chi connectivity index (χ0v) is 12.1. The third-order valence-corrected chi connectivity index (χ3v) is 3.04. The van der Waals surface area contributed by atoms with Crippen LogP contribution in [0.2, 0.25) is 5.02 Å². The molecule has 0 spiro atoms. The predicted molar refractivity (Wildman–Crippen MR) is 77.0 cm³/mol. The van der Waals surface area contributed by atoms with Crippen LogP contribution in [0.15, 0.2) is 12.1 Å². The van der Waals surface area contributed by atoms with E-state index in [4.69, 9.17) is 17.3 Å². The Kier molecular flexibility index (Phi) is 5.17. The van der Waals surface area contributed by atoms with Gasteiger partial charge in [-0.3, -0.25) is 4.79 Å². The summed E-state index contributed by atoms with van der Waals surface area (Å²) < 4.78 is 0. The first-order chi connectivity index (χ1) is 8.31. The normalized spacial score (nSPS) is 12.6. The van der Waals surface area contributed by atoms with Crippen LogP contribution >= 0.6 is 11.6 Å². The van der Waals surface area contributed by atoms with Crippen LogP contribution < -0.4 is 11.1 Å². The first kappa shape index (κ1) is 15.0. The van der Waals surface area contributed by atoms with Gasteiger partial charge < -0.3 is 11.1 Å². The average molecular weight is 269 g/mol. The summed E-state index contributed by atoms with van der Waals surface area (Å²) in [6.07, 6.45) is 0.661. The SMILES string of the molecule is Cc1cc(C)c(NC(=O)[C@H](N)CC(C)C)c(Cl)c1. The summed E-state index contributed by atoms with van der Waals surface area (Å²) in [5, 5.41) is 3.37. The lowest BCUT2D eigenvalue weighted by Gasteiger charge is -2.16. The van der Waals surface area contributed by atoms with Gasteiger partial charge in [-0.15, -0.1) is 0 Å². The van der Waals surface area contributed by atoms with Gasteiger partial charge >= 0.3 is 0 Å². The van der Waals surface area contributed by atoms with Gasteiger partial charge in [0.25, 0.3) is 0 Å². The molecule has 0 saturated carbocycles. The summed E-state index contributed by atoms with van der Waals surface area (Å²) in [6.45, 7) is 7.96. The summed E-state index contributed by atoms with van der Waals surface area (Å²) in [5.41, 5.74) is 8.52. The summed E-state index contributed by atoms with van der Waals surface area (Å²) in [5.74, 6) is 0.206. The molecule has 1 aromatic carbocycles. The van der Waals surface area contributed by atoms with Crippen LogP contribution in [0, 0.1) is 19.8 Å². The molecule has 0 aliphatic heterocycles. The Hall–Kier alpha value is -1.06. The average Bonchev–Trinajstić information content (AvgIpc) is 2.21. The van der Waals surface area contributed by atoms with Crippen LogP contribution in [-0.4, -0.2) is 11.9 Å². The molecule has 18 heavy (non-hydrogen) atoms. The van der Waals surface area contributed by atoms with E-state index >= 15 is 0 Å². The second-order valence-corrected chi connectivity index (χ2v) is 5.57. The van der Waals surface area contributed by atoms with Gasteiger partial charge in [-0.25, -0.2) is 0 Å². The lowest BCUT2D eigenvalue weighted by atomic mass is 10.0. The van der Waals surface area contributed by atoms with Gasteiger partial charge in [-0.1, -0.05) is 31.5 Å². The number of hydrogen-bond acceptors (Lipinski definition) is 2. The van der Waals surface area contributed by atoms with E-state index in [0.717, 1.165) is 11.1 Å². The number of aryl methyl sites for hydroxylation is 2. The molecule has 4 heteroatoms. The zero-order chi connectivity index (χ0) is 13.9. The molecule has 0 unspecified atom stereocenters. The maximum absolute atomic E-state index is 11.9. The summed E-state index contributed by atoms with van der Waals surface area (Å²) in [7, 11) is 0. The zero-order valence-electron chi connectivity index (χ0n) is 11.4. The predicted octanol–water partition coefficient (Wildman–Crippen LogP) is 3.27. The van der Waals surface area contributed by atoms with E-state index in [2.05, 4.69) is 5.32 Å². The fourth-order valence-electron chi connectivity index (χ4n) is 1.90. The van der Waals surface area contributed by atoms with Crippen molar-refractivity contribution in [2.45, 2.75) is 40.2 Å². The van der Waals surface area contributed by atoms with E-state index in [9.17, 15) is 4.79 Å². The van der Waals surface area contributed by atoms with Gasteiger partial charge in [-0.2, -0.15) is 0 Å². The minimum Gasteiger partial charge on any atom is -0.323 e. The van der Waals surface area contributed by atoms with Crippen molar-refractivity contribution in [3.05, 3.63) is 28.3 Å². The quantitative estimate of drug-likeness (QED) is 0.881. The fraction of sp³-hybridized carbons (Fsp3) is 0.500. The van der Waals surface area contributed by atoms with E-state index in [-0.39, 0.29) is 5.91 Å². The second kappa shape index (κ2) is 6.21. The lowest BCUT2D eigenvalue weighted by molar-refractivity contribution is -0.117. The highest BCUT2D eigenvalue weighted by molar-refractivity contribution is 6.34. The van der Waals surface area contributed by atoms with Crippen LogP contribution in [-0.2, 0) is 4.79 Å². The van der Waals surface area contributed by atoms with Crippen LogP contribution in [0.3, 0.4) is 0 Å². The molecule has 1 atom stereocenters. The number of benzene rings is 1. The summed E-state index contributed by atoms with van der Waals surface area (Å²) >= 11 is 6.13. The maximum atomic E-state index is 11.9. The second-order valence-electron chi connectivity index (χ2n) is 5.16. The van der Waals surface area contributed by atoms with Crippen molar-refractivity contribution in [1.29, 1.82) is 0 Å². The highest BCUT2D eigenvalue weighted by atomic mass is 35.5. The first-order valence-corrected chi connectivity index (χ1v) is 6.52. The highest BCUT2D eigenvalue weighted by Gasteiger charge is 2.17. The molecule has 0 aliphatic carbocycles. The maximum Gasteiger partial charge on any atom is 0.241 e. The molecule has 3 N–H and O–H groups in total. The standard InChI is InChI=1S/C14H21ClN2O/c1-8(2)5-12(16)14(18)17-13-10(4)6-9(3)7-11(13)15/h6-8,12H,5,16H2,1-4H3,(H,17,18)/t12-/m1/s1. The highest BCUT2D eigenvalue weighted by Crippen LogP contribution is 2.27. The summed E-state index contributed by atoms with van der Waals surface area (Å²) in [4.78, 5) is 11.9. The van der Waals surface area contributed by atoms with Crippen LogP contribution in [0.25, 0.3) is 0 Å². The topological polar surface area (TPSA) is 55.1 Å².